The fourth-order valence-electron chi connectivity index (χ4n) is 2.89. The smallest absolute Gasteiger partial charge is 0.318 e. The molecule has 1 atom stereocenters. The lowest BCUT2D eigenvalue weighted by molar-refractivity contribution is -0.124. The Kier molecular flexibility index (Phi) is 5.35. The van der Waals surface area contributed by atoms with Gasteiger partial charge in [-0.05, 0) is 31.2 Å². The number of ether oxygens (including phenoxy) is 1. The Balaban J connectivity index is 1.56. The summed E-state index contributed by atoms with van der Waals surface area (Å²) in [4.78, 5) is 32.2. The van der Waals surface area contributed by atoms with E-state index in [-0.39, 0.29) is 11.9 Å². The normalized spacial score (nSPS) is 17.3. The van der Waals surface area contributed by atoms with E-state index in [1.807, 2.05) is 24.3 Å². The maximum Gasteiger partial charge on any atom is 0.318 e. The number of benzene rings is 1. The van der Waals surface area contributed by atoms with Crippen LogP contribution in [0.2, 0.25) is 0 Å². The molecule has 1 saturated heterocycles. The van der Waals surface area contributed by atoms with Crippen LogP contribution in [0.25, 0.3) is 0 Å². The predicted molar refractivity (Wildman–Crippen MR) is 94.9 cm³/mol. The van der Waals surface area contributed by atoms with Gasteiger partial charge < -0.3 is 19.9 Å². The van der Waals surface area contributed by atoms with E-state index in [0.717, 1.165) is 11.4 Å². The van der Waals surface area contributed by atoms with Gasteiger partial charge in [-0.1, -0.05) is 0 Å². The molecular weight excluding hydrogens is 336 g/mol. The van der Waals surface area contributed by atoms with E-state index in [4.69, 9.17) is 4.74 Å². The number of hydrogen-bond acceptors (Lipinski definition) is 5. The molecule has 138 valence electrons. The van der Waals surface area contributed by atoms with E-state index < -0.39 is 6.04 Å². The lowest BCUT2D eigenvalue weighted by Gasteiger charge is -2.39. The summed E-state index contributed by atoms with van der Waals surface area (Å²) in [6.45, 7) is 3.61. The van der Waals surface area contributed by atoms with Crippen molar-refractivity contribution in [1.29, 1.82) is 0 Å². The molecule has 0 aliphatic carbocycles. The SMILES string of the molecule is COc1ccc(N2CCN(C(=O)NCCn3cncn3)[C@@H](C)C2=O)cc1. The van der Waals surface area contributed by atoms with Crippen LogP contribution in [0.1, 0.15) is 6.92 Å². The zero-order chi connectivity index (χ0) is 18.5. The Morgan fingerprint density at radius 1 is 1.31 bits per heavy atom. The molecule has 1 aromatic carbocycles. The topological polar surface area (TPSA) is 92.6 Å². The average molecular weight is 358 g/mol. The molecule has 2 aromatic rings. The van der Waals surface area contributed by atoms with Crippen molar-refractivity contribution in [1.82, 2.24) is 25.0 Å². The van der Waals surface area contributed by atoms with Gasteiger partial charge in [0, 0.05) is 25.3 Å². The minimum atomic E-state index is -0.530. The highest BCUT2D eigenvalue weighted by molar-refractivity contribution is 6.00. The molecule has 9 heteroatoms. The summed E-state index contributed by atoms with van der Waals surface area (Å²) < 4.78 is 6.78. The maximum absolute atomic E-state index is 12.7. The predicted octanol–water partition coefficient (Wildman–Crippen LogP) is 0.734. The molecular formula is C17H22N6O3. The molecule has 1 aliphatic rings. The van der Waals surface area contributed by atoms with Crippen molar-refractivity contribution >= 4 is 17.6 Å². The second kappa shape index (κ2) is 7.85. The van der Waals surface area contributed by atoms with Crippen molar-refractivity contribution in [3.05, 3.63) is 36.9 Å². The molecule has 26 heavy (non-hydrogen) atoms. The number of amides is 3. The largest absolute Gasteiger partial charge is 0.497 e. The highest BCUT2D eigenvalue weighted by Gasteiger charge is 2.34. The number of carbonyl (C=O) groups excluding carboxylic acids is 2. The Hall–Kier alpha value is -3.10. The third kappa shape index (κ3) is 3.76. The van der Waals surface area contributed by atoms with Gasteiger partial charge in [-0.3, -0.25) is 9.48 Å². The van der Waals surface area contributed by atoms with Crippen molar-refractivity contribution in [2.24, 2.45) is 0 Å². The van der Waals surface area contributed by atoms with Crippen molar-refractivity contribution in [3.8, 4) is 5.75 Å². The van der Waals surface area contributed by atoms with Crippen LogP contribution in [0.4, 0.5) is 10.5 Å². The Morgan fingerprint density at radius 3 is 2.73 bits per heavy atom. The number of methoxy groups -OCH3 is 1. The molecule has 1 fully saturated rings. The molecule has 1 N–H and O–H groups in total. The average Bonchev–Trinajstić information content (AvgIpc) is 3.17. The Morgan fingerprint density at radius 2 is 2.08 bits per heavy atom. The van der Waals surface area contributed by atoms with Crippen LogP contribution in [0.3, 0.4) is 0 Å². The summed E-state index contributed by atoms with van der Waals surface area (Å²) in [5, 5.41) is 6.80. The van der Waals surface area contributed by atoms with Crippen LogP contribution < -0.4 is 15.0 Å². The zero-order valence-corrected chi connectivity index (χ0v) is 14.8. The molecule has 0 radical (unpaired) electrons. The van der Waals surface area contributed by atoms with Crippen LogP contribution >= 0.6 is 0 Å². The van der Waals surface area contributed by atoms with Crippen LogP contribution in [-0.4, -0.2) is 64.4 Å². The standard InChI is InChI=1S/C17H22N6O3/c1-13-16(24)23(14-3-5-15(26-2)6-4-14)10-9-22(13)17(25)19-7-8-21-12-18-11-20-21/h3-6,11-13H,7-10H2,1-2H3,(H,19,25)/t13-/m0/s1. The Labute approximate surface area is 151 Å². The Bertz CT molecular complexity index is 746. The summed E-state index contributed by atoms with van der Waals surface area (Å²) in [5.74, 6) is 0.632. The van der Waals surface area contributed by atoms with Gasteiger partial charge in [0.15, 0.2) is 0 Å². The second-order valence-corrected chi connectivity index (χ2v) is 5.95. The first kappa shape index (κ1) is 17.7. The highest BCUT2D eigenvalue weighted by atomic mass is 16.5. The summed E-state index contributed by atoms with van der Waals surface area (Å²) >= 11 is 0. The lowest BCUT2D eigenvalue weighted by atomic mass is 10.1. The highest BCUT2D eigenvalue weighted by Crippen LogP contribution is 2.23. The molecule has 1 aromatic heterocycles. The van der Waals surface area contributed by atoms with Crippen molar-refractivity contribution < 1.29 is 14.3 Å². The third-order valence-corrected chi connectivity index (χ3v) is 4.38. The summed E-state index contributed by atoms with van der Waals surface area (Å²) in [5.41, 5.74) is 0.800. The van der Waals surface area contributed by atoms with Gasteiger partial charge in [0.1, 0.15) is 24.4 Å². The number of hydrogen-bond donors (Lipinski definition) is 1. The van der Waals surface area contributed by atoms with E-state index in [0.29, 0.717) is 26.2 Å². The fraction of sp³-hybridized carbons (Fsp3) is 0.412. The molecule has 0 saturated carbocycles. The van der Waals surface area contributed by atoms with E-state index in [1.165, 1.54) is 6.33 Å². The molecule has 2 heterocycles. The third-order valence-electron chi connectivity index (χ3n) is 4.38. The van der Waals surface area contributed by atoms with Crippen molar-refractivity contribution in [3.63, 3.8) is 0 Å². The van der Waals surface area contributed by atoms with Crippen LogP contribution in [0, 0.1) is 0 Å². The van der Waals surface area contributed by atoms with Gasteiger partial charge in [-0.2, -0.15) is 5.10 Å². The second-order valence-electron chi connectivity index (χ2n) is 5.95. The van der Waals surface area contributed by atoms with Crippen molar-refractivity contribution in [2.75, 3.05) is 31.6 Å². The van der Waals surface area contributed by atoms with Gasteiger partial charge in [-0.15, -0.1) is 0 Å². The molecule has 1 aliphatic heterocycles. The monoisotopic (exact) mass is 358 g/mol. The summed E-state index contributed by atoms with van der Waals surface area (Å²) in [6, 6.07) is 6.54. The molecule has 3 amide bonds. The first-order valence-corrected chi connectivity index (χ1v) is 8.42. The zero-order valence-electron chi connectivity index (χ0n) is 14.8. The number of rotatable bonds is 5. The number of piperazine rings is 1. The van der Waals surface area contributed by atoms with Gasteiger partial charge in [0.25, 0.3) is 0 Å². The van der Waals surface area contributed by atoms with E-state index >= 15 is 0 Å². The lowest BCUT2D eigenvalue weighted by Crippen LogP contribution is -2.60. The summed E-state index contributed by atoms with van der Waals surface area (Å²) in [6.07, 6.45) is 3.03. The van der Waals surface area contributed by atoms with Crippen molar-refractivity contribution in [2.45, 2.75) is 19.5 Å². The first-order chi connectivity index (χ1) is 12.6. The van der Waals surface area contributed by atoms with Gasteiger partial charge in [0.2, 0.25) is 5.91 Å². The number of aromatic nitrogens is 3. The fourth-order valence-corrected chi connectivity index (χ4v) is 2.89. The van der Waals surface area contributed by atoms with Crippen LogP contribution in [0.15, 0.2) is 36.9 Å². The molecule has 0 unspecified atom stereocenters. The first-order valence-electron chi connectivity index (χ1n) is 8.42. The number of urea groups is 1. The molecule has 9 nitrogen and oxygen atoms in total. The maximum atomic E-state index is 12.7. The quantitative estimate of drug-likeness (QED) is 0.851. The van der Waals surface area contributed by atoms with Crippen LogP contribution in [-0.2, 0) is 11.3 Å². The number of anilines is 1. The molecule has 0 bridgehead atoms. The number of carbonyl (C=O) groups is 2. The van der Waals surface area contributed by atoms with Crippen LogP contribution in [0.5, 0.6) is 5.75 Å². The van der Waals surface area contributed by atoms with Gasteiger partial charge in [0.05, 0.1) is 13.7 Å². The minimum absolute atomic E-state index is 0.104. The minimum Gasteiger partial charge on any atom is -0.497 e. The molecule has 0 spiro atoms. The summed E-state index contributed by atoms with van der Waals surface area (Å²) in [7, 11) is 1.60. The number of nitrogens with zero attached hydrogens (tertiary/aromatic N) is 5. The molecule has 3 rings (SSSR count). The van der Waals surface area contributed by atoms with E-state index in [9.17, 15) is 9.59 Å². The van der Waals surface area contributed by atoms with E-state index in [2.05, 4.69) is 15.4 Å². The van der Waals surface area contributed by atoms with E-state index in [1.54, 1.807) is 34.8 Å². The number of nitrogens with one attached hydrogen (secondary N) is 1. The van der Waals surface area contributed by atoms with Gasteiger partial charge >= 0.3 is 6.03 Å². The van der Waals surface area contributed by atoms with Gasteiger partial charge in [-0.25, -0.2) is 9.78 Å².